The maximum absolute atomic E-state index is 12.6. The highest BCUT2D eigenvalue weighted by Gasteiger charge is 2.16. The van der Waals surface area contributed by atoms with E-state index < -0.39 is 21.5 Å². The van der Waals surface area contributed by atoms with Crippen molar-refractivity contribution in [1.82, 2.24) is 19.7 Å². The summed E-state index contributed by atoms with van der Waals surface area (Å²) in [5, 5.41) is 7.00. The van der Waals surface area contributed by atoms with E-state index in [2.05, 4.69) is 25.1 Å². The fourth-order valence-corrected chi connectivity index (χ4v) is 4.26. The summed E-state index contributed by atoms with van der Waals surface area (Å²) in [7, 11) is -3.89. The number of aromatic nitrogens is 4. The standard InChI is InChI=1S/C24H22N6O4S/c1-16-4-5-17(2)20(14-16)21-10-11-23(32)30(28-21)15-22(31)27-18-6-8-19(9-7-18)35(33,34)29-24-25-12-3-13-26-24/h3-14H,15H2,1-2H3,(H,27,31)(H,25,26,29). The smallest absolute Gasteiger partial charge is 0.267 e. The molecule has 0 spiro atoms. The third kappa shape index (κ3) is 5.76. The Bertz CT molecular complexity index is 1530. The van der Waals surface area contributed by atoms with Gasteiger partial charge in [-0.15, -0.1) is 0 Å². The molecule has 0 unspecified atom stereocenters. The zero-order chi connectivity index (χ0) is 25.0. The Hall–Kier alpha value is -4.38. The zero-order valence-electron chi connectivity index (χ0n) is 19.0. The van der Waals surface area contributed by atoms with Crippen LogP contribution in [0.5, 0.6) is 0 Å². The molecule has 0 aliphatic heterocycles. The molecule has 11 heteroatoms. The number of nitrogens with zero attached hydrogens (tertiary/aromatic N) is 4. The molecule has 0 bridgehead atoms. The van der Waals surface area contributed by atoms with Crippen LogP contribution in [0, 0.1) is 13.8 Å². The fourth-order valence-electron chi connectivity index (χ4n) is 3.30. The lowest BCUT2D eigenvalue weighted by Gasteiger charge is -2.11. The minimum absolute atomic E-state index is 0.0259. The Morgan fingerprint density at radius 2 is 1.69 bits per heavy atom. The first-order valence-corrected chi connectivity index (χ1v) is 12.1. The number of sulfonamides is 1. The molecule has 0 fully saturated rings. The van der Waals surface area contributed by atoms with Crippen molar-refractivity contribution in [2.45, 2.75) is 25.3 Å². The van der Waals surface area contributed by atoms with Crippen molar-refractivity contribution in [1.29, 1.82) is 0 Å². The lowest BCUT2D eigenvalue weighted by Crippen LogP contribution is -2.29. The Morgan fingerprint density at radius 3 is 2.40 bits per heavy atom. The molecule has 0 aliphatic rings. The molecular weight excluding hydrogens is 468 g/mol. The average molecular weight is 491 g/mol. The number of nitrogens with one attached hydrogen (secondary N) is 2. The molecular formula is C24H22N6O4S. The van der Waals surface area contributed by atoms with Crippen molar-refractivity contribution >= 4 is 27.6 Å². The second kappa shape index (κ2) is 9.85. The van der Waals surface area contributed by atoms with Gasteiger partial charge in [-0.25, -0.2) is 27.8 Å². The summed E-state index contributed by atoms with van der Waals surface area (Å²) in [6, 6.07) is 16.1. The molecule has 0 saturated heterocycles. The number of carbonyl (C=O) groups excluding carboxylic acids is 1. The molecule has 4 aromatic rings. The Balaban J connectivity index is 1.46. The molecule has 4 rings (SSSR count). The fraction of sp³-hybridized carbons (Fsp3) is 0.125. The number of hydrogen-bond donors (Lipinski definition) is 2. The molecule has 0 saturated carbocycles. The van der Waals surface area contributed by atoms with E-state index in [1.54, 1.807) is 12.1 Å². The van der Waals surface area contributed by atoms with Crippen LogP contribution >= 0.6 is 0 Å². The van der Waals surface area contributed by atoms with Gasteiger partial charge in [-0.05, 0) is 61.9 Å². The van der Waals surface area contributed by atoms with Crippen LogP contribution in [0.1, 0.15) is 11.1 Å². The van der Waals surface area contributed by atoms with E-state index in [0.717, 1.165) is 21.4 Å². The van der Waals surface area contributed by atoms with Crippen LogP contribution in [0.4, 0.5) is 11.6 Å². The normalized spacial score (nSPS) is 11.1. The minimum atomic E-state index is -3.89. The van der Waals surface area contributed by atoms with Crippen LogP contribution in [0.15, 0.2) is 82.7 Å². The van der Waals surface area contributed by atoms with Crippen molar-refractivity contribution in [2.75, 3.05) is 10.0 Å². The number of anilines is 2. The molecule has 0 atom stereocenters. The van der Waals surface area contributed by atoms with Gasteiger partial charge in [0.2, 0.25) is 11.9 Å². The molecule has 2 heterocycles. The van der Waals surface area contributed by atoms with E-state index in [1.165, 1.54) is 42.7 Å². The first-order chi connectivity index (χ1) is 16.7. The second-order valence-corrected chi connectivity index (χ2v) is 9.47. The first kappa shape index (κ1) is 23.8. The Labute approximate surface area is 201 Å². The van der Waals surface area contributed by atoms with Crippen LogP contribution in [0.3, 0.4) is 0 Å². The van der Waals surface area contributed by atoms with Gasteiger partial charge in [0.05, 0.1) is 10.6 Å². The predicted octanol–water partition coefficient (Wildman–Crippen LogP) is 2.76. The van der Waals surface area contributed by atoms with Crippen LogP contribution < -0.4 is 15.6 Å². The number of hydrogen-bond acceptors (Lipinski definition) is 7. The van der Waals surface area contributed by atoms with E-state index in [9.17, 15) is 18.0 Å². The maximum atomic E-state index is 12.6. The summed E-state index contributed by atoms with van der Waals surface area (Å²) in [4.78, 5) is 32.5. The van der Waals surface area contributed by atoms with E-state index in [0.29, 0.717) is 11.4 Å². The van der Waals surface area contributed by atoms with E-state index in [-0.39, 0.29) is 17.4 Å². The van der Waals surface area contributed by atoms with Gasteiger partial charge >= 0.3 is 0 Å². The molecule has 0 radical (unpaired) electrons. The van der Waals surface area contributed by atoms with Crippen LogP contribution in [-0.4, -0.2) is 34.1 Å². The molecule has 178 valence electrons. The van der Waals surface area contributed by atoms with Crippen molar-refractivity contribution in [3.8, 4) is 11.3 Å². The summed E-state index contributed by atoms with van der Waals surface area (Å²) < 4.78 is 28.3. The summed E-state index contributed by atoms with van der Waals surface area (Å²) in [6.07, 6.45) is 2.84. The van der Waals surface area contributed by atoms with Gasteiger partial charge in [-0.3, -0.25) is 9.59 Å². The highest BCUT2D eigenvalue weighted by Crippen LogP contribution is 2.22. The summed E-state index contributed by atoms with van der Waals surface area (Å²) in [5.74, 6) is -0.532. The number of benzene rings is 2. The molecule has 10 nitrogen and oxygen atoms in total. The van der Waals surface area contributed by atoms with Gasteiger partial charge in [-0.2, -0.15) is 5.10 Å². The molecule has 2 aromatic heterocycles. The number of amides is 1. The van der Waals surface area contributed by atoms with E-state index in [4.69, 9.17) is 0 Å². The Kier molecular flexibility index (Phi) is 6.69. The molecule has 35 heavy (non-hydrogen) atoms. The van der Waals surface area contributed by atoms with E-state index in [1.807, 2.05) is 32.0 Å². The molecule has 2 aromatic carbocycles. The largest absolute Gasteiger partial charge is 0.324 e. The van der Waals surface area contributed by atoms with Gasteiger partial charge in [0.1, 0.15) is 6.54 Å². The van der Waals surface area contributed by atoms with E-state index >= 15 is 0 Å². The number of rotatable bonds is 7. The number of carbonyl (C=O) groups is 1. The SMILES string of the molecule is Cc1ccc(C)c(-c2ccc(=O)n(CC(=O)Nc3ccc(S(=O)(=O)Nc4ncccn4)cc3)n2)c1. The van der Waals surface area contributed by atoms with Gasteiger partial charge in [-0.1, -0.05) is 17.7 Å². The monoisotopic (exact) mass is 490 g/mol. The van der Waals surface area contributed by atoms with Crippen molar-refractivity contribution in [3.63, 3.8) is 0 Å². The molecule has 1 amide bonds. The summed E-state index contributed by atoms with van der Waals surface area (Å²) in [5.41, 5.74) is 3.47. The average Bonchev–Trinajstić information content (AvgIpc) is 2.83. The highest BCUT2D eigenvalue weighted by molar-refractivity contribution is 7.92. The molecule has 2 N–H and O–H groups in total. The lowest BCUT2D eigenvalue weighted by atomic mass is 10.0. The topological polar surface area (TPSA) is 136 Å². The number of aryl methyl sites for hydroxylation is 2. The van der Waals surface area contributed by atoms with Gasteiger partial charge in [0.25, 0.3) is 15.6 Å². The lowest BCUT2D eigenvalue weighted by molar-refractivity contribution is -0.117. The highest BCUT2D eigenvalue weighted by atomic mass is 32.2. The van der Waals surface area contributed by atoms with Crippen molar-refractivity contribution in [3.05, 3.63) is 94.5 Å². The second-order valence-electron chi connectivity index (χ2n) is 7.78. The first-order valence-electron chi connectivity index (χ1n) is 10.6. The molecule has 0 aliphatic carbocycles. The third-order valence-corrected chi connectivity index (χ3v) is 6.41. The summed E-state index contributed by atoms with van der Waals surface area (Å²) in [6.45, 7) is 3.61. The van der Waals surface area contributed by atoms with Crippen LogP contribution in [-0.2, 0) is 21.4 Å². The summed E-state index contributed by atoms with van der Waals surface area (Å²) >= 11 is 0. The maximum Gasteiger partial charge on any atom is 0.267 e. The quantitative estimate of drug-likeness (QED) is 0.406. The van der Waals surface area contributed by atoms with Crippen LogP contribution in [0.2, 0.25) is 0 Å². The predicted molar refractivity (Wildman–Crippen MR) is 131 cm³/mol. The van der Waals surface area contributed by atoms with Gasteiger partial charge < -0.3 is 5.32 Å². The third-order valence-electron chi connectivity index (χ3n) is 5.07. The van der Waals surface area contributed by atoms with Crippen LogP contribution in [0.25, 0.3) is 11.3 Å². The zero-order valence-corrected chi connectivity index (χ0v) is 19.8. The van der Waals surface area contributed by atoms with Crippen molar-refractivity contribution < 1.29 is 13.2 Å². The van der Waals surface area contributed by atoms with Gasteiger partial charge in [0.15, 0.2) is 0 Å². The van der Waals surface area contributed by atoms with Gasteiger partial charge in [0, 0.05) is 29.7 Å². The van der Waals surface area contributed by atoms with Crippen molar-refractivity contribution in [2.24, 2.45) is 0 Å². The Morgan fingerprint density at radius 1 is 0.971 bits per heavy atom. The minimum Gasteiger partial charge on any atom is -0.324 e.